The molecule has 0 aliphatic carbocycles. The maximum absolute atomic E-state index is 5.94. The summed E-state index contributed by atoms with van der Waals surface area (Å²) < 4.78 is 6.31. The number of nitrogens with two attached hydrogens (primary N) is 1. The number of benzene rings is 2. The molecule has 0 unspecified atom stereocenters. The third-order valence-corrected chi connectivity index (χ3v) is 3.13. The molecule has 0 amide bonds. The van der Waals surface area contributed by atoms with Crippen molar-refractivity contribution in [2.45, 2.75) is 6.92 Å². The number of aryl methyl sites for hydroxylation is 1. The molecule has 0 aliphatic heterocycles. The zero-order valence-corrected chi connectivity index (χ0v) is 11.9. The van der Waals surface area contributed by atoms with Crippen molar-refractivity contribution >= 4 is 33.0 Å². The van der Waals surface area contributed by atoms with Gasteiger partial charge in [0, 0.05) is 4.47 Å². The third kappa shape index (κ3) is 2.76. The molecule has 2 aromatic rings. The molecule has 2 rings (SSSR count). The van der Waals surface area contributed by atoms with Gasteiger partial charge < -0.3 is 15.8 Å². The molecule has 0 aromatic heterocycles. The van der Waals surface area contributed by atoms with Gasteiger partial charge in [0.25, 0.3) is 0 Å². The highest BCUT2D eigenvalue weighted by Gasteiger charge is 2.06. The van der Waals surface area contributed by atoms with Crippen LogP contribution >= 0.6 is 15.9 Å². The number of anilines is 3. The number of nitrogens with one attached hydrogen (secondary N) is 1. The van der Waals surface area contributed by atoms with Crippen LogP contribution < -0.4 is 15.8 Å². The molecule has 0 heterocycles. The second-order valence-corrected chi connectivity index (χ2v) is 4.98. The molecule has 0 saturated carbocycles. The van der Waals surface area contributed by atoms with Crippen LogP contribution in [-0.4, -0.2) is 7.11 Å². The van der Waals surface area contributed by atoms with Gasteiger partial charge in [0.2, 0.25) is 0 Å². The molecule has 0 radical (unpaired) electrons. The number of halogens is 1. The second kappa shape index (κ2) is 5.31. The summed E-state index contributed by atoms with van der Waals surface area (Å²) in [6.45, 7) is 2.04. The largest absolute Gasteiger partial charge is 0.495 e. The molecule has 0 spiro atoms. The highest BCUT2D eigenvalue weighted by atomic mass is 79.9. The van der Waals surface area contributed by atoms with E-state index in [0.29, 0.717) is 5.69 Å². The molecule has 3 nitrogen and oxygen atoms in total. The first-order valence-corrected chi connectivity index (χ1v) is 6.36. The fourth-order valence-corrected chi connectivity index (χ4v) is 2.06. The molecule has 0 bridgehead atoms. The Morgan fingerprint density at radius 3 is 2.61 bits per heavy atom. The Hall–Kier alpha value is -1.68. The van der Waals surface area contributed by atoms with Crippen LogP contribution in [0.4, 0.5) is 17.1 Å². The molecule has 2 aromatic carbocycles. The summed E-state index contributed by atoms with van der Waals surface area (Å²) in [6.07, 6.45) is 0. The lowest BCUT2D eigenvalue weighted by Gasteiger charge is -2.14. The Labute approximate surface area is 115 Å². The second-order valence-electron chi connectivity index (χ2n) is 4.06. The van der Waals surface area contributed by atoms with Gasteiger partial charge in [-0.15, -0.1) is 0 Å². The van der Waals surface area contributed by atoms with Gasteiger partial charge >= 0.3 is 0 Å². The smallest absolute Gasteiger partial charge is 0.142 e. The monoisotopic (exact) mass is 306 g/mol. The van der Waals surface area contributed by atoms with E-state index in [1.807, 2.05) is 43.3 Å². The lowest BCUT2D eigenvalue weighted by Crippen LogP contribution is -1.98. The van der Waals surface area contributed by atoms with Gasteiger partial charge in [-0.2, -0.15) is 0 Å². The van der Waals surface area contributed by atoms with Crippen LogP contribution in [0.25, 0.3) is 0 Å². The minimum Gasteiger partial charge on any atom is -0.495 e. The van der Waals surface area contributed by atoms with Gasteiger partial charge in [0.15, 0.2) is 0 Å². The SMILES string of the molecule is COc1ccc(C)cc1Nc1cc(Br)ccc1N. The van der Waals surface area contributed by atoms with E-state index in [9.17, 15) is 0 Å². The number of hydrogen-bond acceptors (Lipinski definition) is 3. The molecular weight excluding hydrogens is 292 g/mol. The number of methoxy groups -OCH3 is 1. The van der Waals surface area contributed by atoms with Crippen molar-refractivity contribution in [3.05, 3.63) is 46.4 Å². The normalized spacial score (nSPS) is 10.2. The topological polar surface area (TPSA) is 47.3 Å². The highest BCUT2D eigenvalue weighted by Crippen LogP contribution is 2.32. The molecular formula is C14H15BrN2O. The lowest BCUT2D eigenvalue weighted by molar-refractivity contribution is 0.416. The average Bonchev–Trinajstić information content (AvgIpc) is 2.34. The van der Waals surface area contributed by atoms with E-state index in [1.165, 1.54) is 0 Å². The lowest BCUT2D eigenvalue weighted by atomic mass is 10.2. The van der Waals surface area contributed by atoms with E-state index in [2.05, 4.69) is 21.2 Å². The molecule has 0 saturated heterocycles. The van der Waals surface area contributed by atoms with Crippen molar-refractivity contribution in [1.29, 1.82) is 0 Å². The maximum atomic E-state index is 5.94. The molecule has 4 heteroatoms. The van der Waals surface area contributed by atoms with Gasteiger partial charge in [-0.3, -0.25) is 0 Å². The quantitative estimate of drug-likeness (QED) is 0.840. The standard InChI is InChI=1S/C14H15BrN2O/c1-9-3-6-14(18-2)13(7-9)17-12-8-10(15)4-5-11(12)16/h3-8,17H,16H2,1-2H3. The minimum absolute atomic E-state index is 0.696. The minimum atomic E-state index is 0.696. The van der Waals surface area contributed by atoms with E-state index in [1.54, 1.807) is 7.11 Å². The Balaban J connectivity index is 2.38. The van der Waals surface area contributed by atoms with Crippen LogP contribution in [0.2, 0.25) is 0 Å². The predicted octanol–water partition coefficient (Wildman–Crippen LogP) is 4.09. The maximum Gasteiger partial charge on any atom is 0.142 e. The summed E-state index contributed by atoms with van der Waals surface area (Å²) in [5.41, 5.74) is 9.56. The van der Waals surface area contributed by atoms with Gasteiger partial charge in [-0.05, 0) is 42.8 Å². The summed E-state index contributed by atoms with van der Waals surface area (Å²) in [6, 6.07) is 11.7. The van der Waals surface area contributed by atoms with Crippen molar-refractivity contribution in [2.75, 3.05) is 18.2 Å². The Kier molecular flexibility index (Phi) is 3.77. The zero-order chi connectivity index (χ0) is 13.1. The zero-order valence-electron chi connectivity index (χ0n) is 10.3. The summed E-state index contributed by atoms with van der Waals surface area (Å²) in [7, 11) is 1.65. The molecule has 0 atom stereocenters. The van der Waals surface area contributed by atoms with E-state index >= 15 is 0 Å². The summed E-state index contributed by atoms with van der Waals surface area (Å²) in [5, 5.41) is 3.29. The third-order valence-electron chi connectivity index (χ3n) is 2.64. The fraction of sp³-hybridized carbons (Fsp3) is 0.143. The van der Waals surface area contributed by atoms with Crippen molar-refractivity contribution in [3.63, 3.8) is 0 Å². The number of rotatable bonds is 3. The van der Waals surface area contributed by atoms with E-state index in [-0.39, 0.29) is 0 Å². The Morgan fingerprint density at radius 2 is 1.89 bits per heavy atom. The van der Waals surface area contributed by atoms with Crippen LogP contribution in [0.15, 0.2) is 40.9 Å². The summed E-state index contributed by atoms with van der Waals surface area (Å²) >= 11 is 3.43. The van der Waals surface area contributed by atoms with Crippen molar-refractivity contribution < 1.29 is 4.74 Å². The van der Waals surface area contributed by atoms with E-state index in [0.717, 1.165) is 27.2 Å². The van der Waals surface area contributed by atoms with Crippen molar-refractivity contribution in [1.82, 2.24) is 0 Å². The molecule has 3 N–H and O–H groups in total. The van der Waals surface area contributed by atoms with E-state index in [4.69, 9.17) is 10.5 Å². The van der Waals surface area contributed by atoms with E-state index < -0.39 is 0 Å². The van der Waals surface area contributed by atoms with Crippen molar-refractivity contribution in [3.8, 4) is 5.75 Å². The Bertz CT molecular complexity index is 570. The molecule has 0 aliphatic rings. The molecule has 94 valence electrons. The van der Waals surface area contributed by atoms with Crippen LogP contribution in [0.5, 0.6) is 5.75 Å². The highest BCUT2D eigenvalue weighted by molar-refractivity contribution is 9.10. The first kappa shape index (κ1) is 12.8. The number of hydrogen-bond donors (Lipinski definition) is 2. The van der Waals surface area contributed by atoms with Crippen LogP contribution in [0, 0.1) is 6.92 Å². The summed E-state index contributed by atoms with van der Waals surface area (Å²) in [5.74, 6) is 0.792. The first-order valence-electron chi connectivity index (χ1n) is 5.57. The predicted molar refractivity (Wildman–Crippen MR) is 79.6 cm³/mol. The van der Waals surface area contributed by atoms with Gasteiger partial charge in [0.1, 0.15) is 5.75 Å². The van der Waals surface area contributed by atoms with Crippen LogP contribution in [-0.2, 0) is 0 Å². The fourth-order valence-electron chi connectivity index (χ4n) is 1.70. The Morgan fingerprint density at radius 1 is 1.11 bits per heavy atom. The van der Waals surface area contributed by atoms with Crippen molar-refractivity contribution in [2.24, 2.45) is 0 Å². The van der Waals surface area contributed by atoms with Gasteiger partial charge in [0.05, 0.1) is 24.2 Å². The number of nitrogen functional groups attached to an aromatic ring is 1. The van der Waals surface area contributed by atoms with Gasteiger partial charge in [-0.1, -0.05) is 22.0 Å². The first-order chi connectivity index (χ1) is 8.60. The molecule has 0 fully saturated rings. The summed E-state index contributed by atoms with van der Waals surface area (Å²) in [4.78, 5) is 0. The van der Waals surface area contributed by atoms with Gasteiger partial charge in [-0.25, -0.2) is 0 Å². The average molecular weight is 307 g/mol. The van der Waals surface area contributed by atoms with Crippen LogP contribution in [0.1, 0.15) is 5.56 Å². The molecule has 18 heavy (non-hydrogen) atoms. The van der Waals surface area contributed by atoms with Crippen LogP contribution in [0.3, 0.4) is 0 Å². The number of ether oxygens (including phenoxy) is 1.